The molecule has 1 aromatic rings. The van der Waals surface area contributed by atoms with Crippen molar-refractivity contribution in [1.82, 2.24) is 9.97 Å². The fraction of sp³-hybridized carbons (Fsp3) is 0.636. The zero-order chi connectivity index (χ0) is 13.3. The number of aromatic nitrogens is 2. The highest BCUT2D eigenvalue weighted by Gasteiger charge is 2.39. The topological polar surface area (TPSA) is 93.0 Å². The molecule has 0 spiro atoms. The Labute approximate surface area is 105 Å². The van der Waals surface area contributed by atoms with Gasteiger partial charge in [0.25, 0.3) is 0 Å². The maximum atomic E-state index is 11.1. The number of hydrogen-bond acceptors (Lipinski definition) is 6. The molecule has 0 aromatic carbocycles. The van der Waals surface area contributed by atoms with E-state index in [2.05, 4.69) is 20.6 Å². The van der Waals surface area contributed by atoms with Crippen molar-refractivity contribution in [3.63, 3.8) is 0 Å². The average Bonchev–Trinajstić information content (AvgIpc) is 2.95. The Kier molecular flexibility index (Phi) is 3.06. The van der Waals surface area contributed by atoms with Gasteiger partial charge in [0.05, 0.1) is 4.92 Å². The molecule has 0 saturated heterocycles. The van der Waals surface area contributed by atoms with Crippen LogP contribution in [0.5, 0.6) is 0 Å². The molecule has 0 unspecified atom stereocenters. The molecule has 0 amide bonds. The molecule has 0 radical (unpaired) electrons. The molecule has 98 valence electrons. The Balaban J connectivity index is 2.40. The summed E-state index contributed by atoms with van der Waals surface area (Å²) in [5, 5.41) is 17.2. The Bertz CT molecular complexity index is 485. The first-order valence-electron chi connectivity index (χ1n) is 6.00. The molecule has 0 aliphatic heterocycles. The third-order valence-electron chi connectivity index (χ3n) is 3.00. The molecule has 1 fully saturated rings. The van der Waals surface area contributed by atoms with Crippen LogP contribution < -0.4 is 10.6 Å². The molecule has 2 rings (SSSR count). The van der Waals surface area contributed by atoms with Gasteiger partial charge >= 0.3 is 5.69 Å². The molecule has 1 heterocycles. The molecular weight excluding hydrogens is 234 g/mol. The summed E-state index contributed by atoms with van der Waals surface area (Å²) in [4.78, 5) is 18.9. The van der Waals surface area contributed by atoms with Gasteiger partial charge in [0.2, 0.25) is 11.8 Å². The van der Waals surface area contributed by atoms with E-state index in [9.17, 15) is 10.1 Å². The van der Waals surface area contributed by atoms with Crippen molar-refractivity contribution < 1.29 is 4.92 Å². The van der Waals surface area contributed by atoms with E-state index in [0.29, 0.717) is 24.0 Å². The molecule has 1 aromatic heterocycles. The summed E-state index contributed by atoms with van der Waals surface area (Å²) >= 11 is 0. The second-order valence-corrected chi connectivity index (χ2v) is 4.80. The van der Waals surface area contributed by atoms with Gasteiger partial charge in [-0.15, -0.1) is 0 Å². The molecule has 1 aliphatic rings. The minimum absolute atomic E-state index is 0.0372. The SMILES string of the molecule is CCNc1nc(C)c([N+](=O)[O-])c(NC2(C)CC2)n1. The molecule has 1 saturated carbocycles. The highest BCUT2D eigenvalue weighted by molar-refractivity contribution is 5.62. The van der Waals surface area contributed by atoms with E-state index in [1.165, 1.54) is 0 Å². The standard InChI is InChI=1S/C11H17N5O2/c1-4-12-10-13-7(2)8(16(17)18)9(14-10)15-11(3)5-6-11/h4-6H2,1-3H3,(H2,12,13,14,15). The van der Waals surface area contributed by atoms with Crippen LogP contribution in [0.4, 0.5) is 17.5 Å². The summed E-state index contributed by atoms with van der Waals surface area (Å²) in [6, 6.07) is 0. The van der Waals surface area contributed by atoms with E-state index >= 15 is 0 Å². The zero-order valence-corrected chi connectivity index (χ0v) is 10.8. The molecule has 7 heteroatoms. The lowest BCUT2D eigenvalue weighted by Gasteiger charge is -2.14. The van der Waals surface area contributed by atoms with Gasteiger partial charge in [-0.25, -0.2) is 4.98 Å². The van der Waals surface area contributed by atoms with Gasteiger partial charge in [0.15, 0.2) is 0 Å². The largest absolute Gasteiger partial charge is 0.359 e. The Morgan fingerprint density at radius 3 is 2.61 bits per heavy atom. The van der Waals surface area contributed by atoms with Crippen LogP contribution in [0.1, 0.15) is 32.4 Å². The van der Waals surface area contributed by atoms with Crippen LogP contribution in [0, 0.1) is 17.0 Å². The molecule has 7 nitrogen and oxygen atoms in total. The lowest BCUT2D eigenvalue weighted by molar-refractivity contribution is -0.385. The van der Waals surface area contributed by atoms with Crippen LogP contribution in [-0.4, -0.2) is 27.0 Å². The van der Waals surface area contributed by atoms with Crippen LogP contribution in [0.15, 0.2) is 0 Å². The smallest absolute Gasteiger partial charge is 0.332 e. The van der Waals surface area contributed by atoms with Gasteiger partial charge in [0.1, 0.15) is 5.69 Å². The normalized spacial score (nSPS) is 16.2. The summed E-state index contributed by atoms with van der Waals surface area (Å²) in [6.07, 6.45) is 2.01. The monoisotopic (exact) mass is 251 g/mol. The van der Waals surface area contributed by atoms with Crippen LogP contribution in [0.3, 0.4) is 0 Å². The number of nitrogens with zero attached hydrogens (tertiary/aromatic N) is 3. The van der Waals surface area contributed by atoms with Crippen LogP contribution in [-0.2, 0) is 0 Å². The number of nitrogens with one attached hydrogen (secondary N) is 2. The summed E-state index contributed by atoms with van der Waals surface area (Å²) in [7, 11) is 0. The lowest BCUT2D eigenvalue weighted by Crippen LogP contribution is -2.19. The Morgan fingerprint density at radius 1 is 1.44 bits per heavy atom. The van der Waals surface area contributed by atoms with Gasteiger partial charge in [-0.2, -0.15) is 4.98 Å². The summed E-state index contributed by atoms with van der Waals surface area (Å²) in [5.74, 6) is 0.732. The molecular formula is C11H17N5O2. The minimum Gasteiger partial charge on any atom is -0.359 e. The van der Waals surface area contributed by atoms with E-state index in [1.54, 1.807) is 6.92 Å². The molecule has 1 aliphatic carbocycles. The molecule has 18 heavy (non-hydrogen) atoms. The van der Waals surface area contributed by atoms with E-state index in [1.807, 2.05) is 13.8 Å². The van der Waals surface area contributed by atoms with Crippen molar-refractivity contribution in [2.45, 2.75) is 39.2 Å². The maximum absolute atomic E-state index is 11.1. The zero-order valence-electron chi connectivity index (χ0n) is 10.8. The van der Waals surface area contributed by atoms with Crippen molar-refractivity contribution >= 4 is 17.5 Å². The molecule has 0 bridgehead atoms. The fourth-order valence-corrected chi connectivity index (χ4v) is 1.71. The van der Waals surface area contributed by atoms with E-state index in [0.717, 1.165) is 12.8 Å². The number of aryl methyl sites for hydroxylation is 1. The first-order valence-corrected chi connectivity index (χ1v) is 6.00. The average molecular weight is 251 g/mol. The maximum Gasteiger partial charge on any atom is 0.332 e. The van der Waals surface area contributed by atoms with E-state index in [-0.39, 0.29) is 11.2 Å². The van der Waals surface area contributed by atoms with Crippen LogP contribution >= 0.6 is 0 Å². The quantitative estimate of drug-likeness (QED) is 0.614. The summed E-state index contributed by atoms with van der Waals surface area (Å²) in [6.45, 7) is 6.26. The minimum atomic E-state index is -0.431. The lowest BCUT2D eigenvalue weighted by atomic mass is 10.3. The molecule has 0 atom stereocenters. The van der Waals surface area contributed by atoms with Crippen molar-refractivity contribution in [3.05, 3.63) is 15.8 Å². The number of anilines is 2. The van der Waals surface area contributed by atoms with Gasteiger partial charge in [-0.1, -0.05) is 0 Å². The van der Waals surface area contributed by atoms with Crippen LogP contribution in [0.2, 0.25) is 0 Å². The molecule has 2 N–H and O–H groups in total. The third-order valence-corrected chi connectivity index (χ3v) is 3.00. The number of hydrogen-bond donors (Lipinski definition) is 2. The van der Waals surface area contributed by atoms with E-state index in [4.69, 9.17) is 0 Å². The Morgan fingerprint density at radius 2 is 2.11 bits per heavy atom. The first-order chi connectivity index (χ1) is 8.45. The van der Waals surface area contributed by atoms with Gasteiger partial charge in [0, 0.05) is 12.1 Å². The third kappa shape index (κ3) is 2.49. The van der Waals surface area contributed by atoms with Crippen molar-refractivity contribution in [3.8, 4) is 0 Å². The van der Waals surface area contributed by atoms with Gasteiger partial charge < -0.3 is 10.6 Å². The summed E-state index contributed by atoms with van der Waals surface area (Å²) in [5.41, 5.74) is 0.275. The number of rotatable bonds is 5. The van der Waals surface area contributed by atoms with Crippen LogP contribution in [0.25, 0.3) is 0 Å². The van der Waals surface area contributed by atoms with Crippen molar-refractivity contribution in [2.24, 2.45) is 0 Å². The highest BCUT2D eigenvalue weighted by Crippen LogP contribution is 2.40. The first kappa shape index (κ1) is 12.5. The number of nitro groups is 1. The van der Waals surface area contributed by atoms with Crippen molar-refractivity contribution in [2.75, 3.05) is 17.2 Å². The predicted octanol–water partition coefficient (Wildman–Crippen LogP) is 2.09. The van der Waals surface area contributed by atoms with E-state index < -0.39 is 4.92 Å². The Hall–Kier alpha value is -1.92. The summed E-state index contributed by atoms with van der Waals surface area (Å²) < 4.78 is 0. The second kappa shape index (κ2) is 4.40. The van der Waals surface area contributed by atoms with Crippen molar-refractivity contribution in [1.29, 1.82) is 0 Å². The highest BCUT2D eigenvalue weighted by atomic mass is 16.6. The predicted molar refractivity (Wildman–Crippen MR) is 68.8 cm³/mol. The van der Waals surface area contributed by atoms with Gasteiger partial charge in [-0.3, -0.25) is 10.1 Å². The second-order valence-electron chi connectivity index (χ2n) is 4.80. The fourth-order valence-electron chi connectivity index (χ4n) is 1.71. The van der Waals surface area contributed by atoms with Gasteiger partial charge in [-0.05, 0) is 33.6 Å².